The Morgan fingerprint density at radius 3 is 2.62 bits per heavy atom. The van der Waals surface area contributed by atoms with Gasteiger partial charge in [-0.15, -0.1) is 0 Å². The Bertz CT molecular complexity index is 739. The van der Waals surface area contributed by atoms with Crippen LogP contribution in [0, 0.1) is 0 Å². The van der Waals surface area contributed by atoms with Crippen molar-refractivity contribution in [1.29, 1.82) is 0 Å². The van der Waals surface area contributed by atoms with E-state index in [1.807, 2.05) is 29.2 Å². The number of likely N-dealkylation sites (tertiary alicyclic amines) is 1. The van der Waals surface area contributed by atoms with Gasteiger partial charge in [0.05, 0.1) is 13.2 Å². The molecule has 0 aromatic heterocycles. The van der Waals surface area contributed by atoms with Crippen LogP contribution in [0.1, 0.15) is 5.56 Å². The summed E-state index contributed by atoms with van der Waals surface area (Å²) in [5.74, 6) is 0.782. The van der Waals surface area contributed by atoms with Crippen LogP contribution in [0.15, 0.2) is 48.5 Å². The van der Waals surface area contributed by atoms with Gasteiger partial charge in [0.2, 0.25) is 0 Å². The largest absolute Gasteiger partial charge is 0.497 e. The summed E-state index contributed by atoms with van der Waals surface area (Å²) in [4.78, 5) is 16.6. The van der Waals surface area contributed by atoms with Crippen LogP contribution in [0.25, 0.3) is 0 Å². The molecule has 1 fully saturated rings. The summed E-state index contributed by atoms with van der Waals surface area (Å²) in [5, 5.41) is 2.94. The topological polar surface area (TPSA) is 44.8 Å². The fourth-order valence-electron chi connectivity index (χ4n) is 3.44. The summed E-state index contributed by atoms with van der Waals surface area (Å²) in [5.41, 5.74) is 3.53. The van der Waals surface area contributed by atoms with Gasteiger partial charge in [-0.2, -0.15) is 0 Å². The van der Waals surface area contributed by atoms with Crippen molar-refractivity contribution in [3.8, 4) is 5.75 Å². The Morgan fingerprint density at radius 1 is 1.12 bits per heavy atom. The van der Waals surface area contributed by atoms with Crippen LogP contribution >= 0.6 is 0 Å². The average Bonchev–Trinajstić information content (AvgIpc) is 2.98. The highest BCUT2D eigenvalue weighted by Gasteiger charge is 2.37. The molecule has 2 aliphatic heterocycles. The van der Waals surface area contributed by atoms with Crippen molar-refractivity contribution in [2.75, 3.05) is 37.0 Å². The molecule has 5 heteroatoms. The molecule has 2 aromatic carbocycles. The molecule has 2 amide bonds. The number of amides is 2. The molecule has 0 bridgehead atoms. The molecule has 2 aromatic rings. The fraction of sp³-hybridized carbons (Fsp3) is 0.316. The maximum absolute atomic E-state index is 12.3. The maximum Gasteiger partial charge on any atom is 0.321 e. The molecule has 0 saturated carbocycles. The van der Waals surface area contributed by atoms with E-state index >= 15 is 0 Å². The van der Waals surface area contributed by atoms with Gasteiger partial charge in [-0.05, 0) is 42.3 Å². The predicted octanol–water partition coefficient (Wildman–Crippen LogP) is 2.97. The first-order chi connectivity index (χ1) is 11.7. The fourth-order valence-corrected chi connectivity index (χ4v) is 3.44. The zero-order chi connectivity index (χ0) is 16.5. The normalized spacial score (nSPS) is 16.5. The van der Waals surface area contributed by atoms with Gasteiger partial charge in [0, 0.05) is 31.0 Å². The number of urea groups is 1. The van der Waals surface area contributed by atoms with Crippen molar-refractivity contribution in [3.63, 3.8) is 0 Å². The lowest BCUT2D eigenvalue weighted by Gasteiger charge is -2.45. The zero-order valence-corrected chi connectivity index (χ0v) is 13.7. The van der Waals surface area contributed by atoms with Crippen molar-refractivity contribution in [3.05, 3.63) is 54.1 Å². The van der Waals surface area contributed by atoms with Crippen molar-refractivity contribution < 1.29 is 9.53 Å². The molecule has 1 saturated heterocycles. The number of methoxy groups -OCH3 is 1. The Kier molecular flexibility index (Phi) is 3.76. The SMILES string of the molecule is COc1ccc(NC(=O)N2CC(N3CCc4ccccc43)C2)cc1. The highest BCUT2D eigenvalue weighted by atomic mass is 16.5. The van der Waals surface area contributed by atoms with Crippen molar-refractivity contribution >= 4 is 17.4 Å². The molecule has 5 nitrogen and oxygen atoms in total. The third-order valence-electron chi connectivity index (χ3n) is 4.85. The number of rotatable bonds is 3. The Balaban J connectivity index is 1.33. The molecule has 0 aliphatic carbocycles. The van der Waals surface area contributed by atoms with Crippen molar-refractivity contribution in [2.45, 2.75) is 12.5 Å². The van der Waals surface area contributed by atoms with E-state index in [1.165, 1.54) is 11.3 Å². The number of hydrogen-bond acceptors (Lipinski definition) is 3. The van der Waals surface area contributed by atoms with E-state index in [0.29, 0.717) is 6.04 Å². The smallest absolute Gasteiger partial charge is 0.321 e. The number of carbonyl (C=O) groups excluding carboxylic acids is 1. The summed E-state index contributed by atoms with van der Waals surface area (Å²) >= 11 is 0. The van der Waals surface area contributed by atoms with Crippen LogP contribution in [0.5, 0.6) is 5.75 Å². The van der Waals surface area contributed by atoms with Gasteiger partial charge in [-0.3, -0.25) is 0 Å². The van der Waals surface area contributed by atoms with E-state index in [4.69, 9.17) is 4.74 Å². The first-order valence-electron chi connectivity index (χ1n) is 8.29. The molecular weight excluding hydrogens is 302 g/mol. The summed E-state index contributed by atoms with van der Waals surface area (Å²) in [6.07, 6.45) is 1.10. The molecule has 4 rings (SSSR count). The molecular formula is C19H21N3O2. The number of nitrogens with zero attached hydrogens (tertiary/aromatic N) is 2. The maximum atomic E-state index is 12.3. The summed E-state index contributed by atoms with van der Waals surface area (Å²) in [6.45, 7) is 2.60. The lowest BCUT2D eigenvalue weighted by molar-refractivity contribution is 0.162. The van der Waals surface area contributed by atoms with E-state index in [0.717, 1.165) is 37.5 Å². The molecule has 0 spiro atoms. The van der Waals surface area contributed by atoms with Gasteiger partial charge in [0.1, 0.15) is 5.75 Å². The van der Waals surface area contributed by atoms with Crippen LogP contribution in [0.2, 0.25) is 0 Å². The molecule has 2 aliphatic rings. The second-order valence-corrected chi connectivity index (χ2v) is 6.29. The molecule has 124 valence electrons. The minimum Gasteiger partial charge on any atom is -0.497 e. The molecule has 0 radical (unpaired) electrons. The van der Waals surface area contributed by atoms with Gasteiger partial charge in [-0.25, -0.2) is 4.79 Å². The van der Waals surface area contributed by atoms with E-state index in [9.17, 15) is 4.79 Å². The zero-order valence-electron chi connectivity index (χ0n) is 13.7. The number of hydrogen-bond donors (Lipinski definition) is 1. The van der Waals surface area contributed by atoms with Gasteiger partial charge in [0.15, 0.2) is 0 Å². The number of fused-ring (bicyclic) bond motifs is 1. The van der Waals surface area contributed by atoms with Gasteiger partial charge >= 0.3 is 6.03 Å². The Labute approximate surface area is 141 Å². The molecule has 2 heterocycles. The Morgan fingerprint density at radius 2 is 1.88 bits per heavy atom. The number of anilines is 2. The number of benzene rings is 2. The van der Waals surface area contributed by atoms with Crippen LogP contribution in [0.3, 0.4) is 0 Å². The Hall–Kier alpha value is -2.69. The van der Waals surface area contributed by atoms with Crippen LogP contribution in [-0.2, 0) is 6.42 Å². The van der Waals surface area contributed by atoms with Crippen LogP contribution in [-0.4, -0.2) is 43.7 Å². The standard InChI is InChI=1S/C19H21N3O2/c1-24-17-8-6-15(7-9-17)20-19(23)21-12-16(13-21)22-11-10-14-4-2-3-5-18(14)22/h2-9,16H,10-13H2,1H3,(H,20,23). The second-order valence-electron chi connectivity index (χ2n) is 6.29. The average molecular weight is 323 g/mol. The summed E-state index contributed by atoms with van der Waals surface area (Å²) in [6, 6.07) is 16.3. The first-order valence-corrected chi connectivity index (χ1v) is 8.29. The van der Waals surface area contributed by atoms with E-state index in [2.05, 4.69) is 34.5 Å². The minimum absolute atomic E-state index is 0.0381. The molecule has 0 unspecified atom stereocenters. The summed E-state index contributed by atoms with van der Waals surface area (Å²) < 4.78 is 5.13. The third-order valence-corrected chi connectivity index (χ3v) is 4.85. The third kappa shape index (κ3) is 2.66. The number of carbonyl (C=O) groups is 1. The highest BCUT2D eigenvalue weighted by molar-refractivity contribution is 5.90. The van der Waals surface area contributed by atoms with Gasteiger partial charge in [-0.1, -0.05) is 18.2 Å². The lowest BCUT2D eigenvalue weighted by atomic mass is 10.1. The highest BCUT2D eigenvalue weighted by Crippen LogP contribution is 2.32. The predicted molar refractivity (Wildman–Crippen MR) is 94.9 cm³/mol. The quantitative estimate of drug-likeness (QED) is 0.944. The number of nitrogens with one attached hydrogen (secondary N) is 1. The first kappa shape index (κ1) is 14.9. The van der Waals surface area contributed by atoms with Gasteiger partial charge < -0.3 is 19.9 Å². The second kappa shape index (κ2) is 6.07. The van der Waals surface area contributed by atoms with E-state index in [1.54, 1.807) is 7.11 Å². The lowest BCUT2D eigenvalue weighted by Crippen LogP contribution is -2.61. The number of para-hydroxylation sites is 1. The van der Waals surface area contributed by atoms with Crippen molar-refractivity contribution in [2.24, 2.45) is 0 Å². The minimum atomic E-state index is -0.0381. The van der Waals surface area contributed by atoms with Crippen molar-refractivity contribution in [1.82, 2.24) is 4.90 Å². The van der Waals surface area contributed by atoms with E-state index < -0.39 is 0 Å². The van der Waals surface area contributed by atoms with Gasteiger partial charge in [0.25, 0.3) is 0 Å². The van der Waals surface area contributed by atoms with Crippen LogP contribution in [0.4, 0.5) is 16.2 Å². The number of ether oxygens (including phenoxy) is 1. The molecule has 24 heavy (non-hydrogen) atoms. The summed E-state index contributed by atoms with van der Waals surface area (Å²) in [7, 11) is 1.63. The molecule has 0 atom stereocenters. The monoisotopic (exact) mass is 323 g/mol. The van der Waals surface area contributed by atoms with E-state index in [-0.39, 0.29) is 6.03 Å². The van der Waals surface area contributed by atoms with Crippen LogP contribution < -0.4 is 15.0 Å². The molecule has 1 N–H and O–H groups in total.